The lowest BCUT2D eigenvalue weighted by molar-refractivity contribution is 0.970. The van der Waals surface area contributed by atoms with E-state index < -0.39 is 0 Å². The average Bonchev–Trinajstić information content (AvgIpc) is 2.41. The molecule has 0 spiro atoms. The first-order chi connectivity index (χ1) is 9.02. The number of halogens is 1. The van der Waals surface area contributed by atoms with E-state index in [0.717, 1.165) is 16.9 Å². The van der Waals surface area contributed by atoms with Crippen molar-refractivity contribution in [1.82, 2.24) is 9.97 Å². The minimum atomic E-state index is -0.140. The summed E-state index contributed by atoms with van der Waals surface area (Å²) in [5.41, 5.74) is 2.65. The third kappa shape index (κ3) is 2.87. The summed E-state index contributed by atoms with van der Waals surface area (Å²) in [5, 5.41) is 0. The van der Waals surface area contributed by atoms with Crippen LogP contribution in [-0.2, 0) is 6.42 Å². The van der Waals surface area contributed by atoms with Crippen molar-refractivity contribution in [3.8, 4) is 11.4 Å². The number of hydrogen-bond donors (Lipinski definition) is 1. The first kappa shape index (κ1) is 13.8. The van der Waals surface area contributed by atoms with E-state index in [2.05, 4.69) is 25.9 Å². The average molecular weight is 322 g/mol. The summed E-state index contributed by atoms with van der Waals surface area (Å²) in [6, 6.07) is 7.92. The highest BCUT2D eigenvalue weighted by atomic mass is 79.9. The van der Waals surface area contributed by atoms with E-state index in [1.165, 1.54) is 0 Å². The molecule has 2 aromatic rings. The van der Waals surface area contributed by atoms with Gasteiger partial charge in [0, 0.05) is 25.3 Å². The van der Waals surface area contributed by atoms with Crippen LogP contribution in [0, 0.1) is 0 Å². The van der Waals surface area contributed by atoms with Crippen LogP contribution >= 0.6 is 15.9 Å². The second-order valence-electron chi connectivity index (χ2n) is 4.47. The van der Waals surface area contributed by atoms with Crippen molar-refractivity contribution >= 4 is 21.6 Å². The van der Waals surface area contributed by atoms with Gasteiger partial charge in [-0.1, -0.05) is 6.92 Å². The molecule has 0 saturated carbocycles. The Morgan fingerprint density at radius 2 is 1.89 bits per heavy atom. The van der Waals surface area contributed by atoms with E-state index in [-0.39, 0.29) is 5.56 Å². The molecule has 0 unspecified atom stereocenters. The molecule has 1 aromatic carbocycles. The van der Waals surface area contributed by atoms with E-state index in [1.54, 1.807) is 0 Å². The van der Waals surface area contributed by atoms with E-state index in [1.807, 2.05) is 50.2 Å². The Morgan fingerprint density at radius 1 is 1.26 bits per heavy atom. The molecule has 0 aliphatic heterocycles. The molecule has 0 saturated heterocycles. The number of aromatic amines is 1. The van der Waals surface area contributed by atoms with Crippen molar-refractivity contribution in [2.75, 3.05) is 19.0 Å². The van der Waals surface area contributed by atoms with E-state index in [9.17, 15) is 4.79 Å². The Balaban J connectivity index is 2.47. The van der Waals surface area contributed by atoms with E-state index >= 15 is 0 Å². The predicted molar refractivity (Wildman–Crippen MR) is 81.7 cm³/mol. The summed E-state index contributed by atoms with van der Waals surface area (Å²) in [6.45, 7) is 1.98. The number of aryl methyl sites for hydroxylation is 1. The van der Waals surface area contributed by atoms with Gasteiger partial charge in [-0.3, -0.25) is 4.79 Å². The minimum Gasteiger partial charge on any atom is -0.378 e. The zero-order valence-electron chi connectivity index (χ0n) is 11.2. The first-order valence-electron chi connectivity index (χ1n) is 6.09. The molecule has 1 aromatic heterocycles. The van der Waals surface area contributed by atoms with Gasteiger partial charge in [-0.05, 0) is 46.6 Å². The molecule has 0 fully saturated rings. The van der Waals surface area contributed by atoms with Gasteiger partial charge in [0.15, 0.2) is 0 Å². The molecule has 0 atom stereocenters. The normalized spacial score (nSPS) is 10.5. The number of rotatable bonds is 3. The summed E-state index contributed by atoms with van der Waals surface area (Å²) in [7, 11) is 3.98. The van der Waals surface area contributed by atoms with Gasteiger partial charge in [0.25, 0.3) is 5.56 Å². The van der Waals surface area contributed by atoms with Gasteiger partial charge in [0.2, 0.25) is 0 Å². The van der Waals surface area contributed by atoms with E-state index in [4.69, 9.17) is 0 Å². The number of anilines is 1. The second kappa shape index (κ2) is 5.57. The van der Waals surface area contributed by atoms with Crippen molar-refractivity contribution in [1.29, 1.82) is 0 Å². The van der Waals surface area contributed by atoms with Crippen molar-refractivity contribution in [2.45, 2.75) is 13.3 Å². The fourth-order valence-corrected chi connectivity index (χ4v) is 2.26. The van der Waals surface area contributed by atoms with Crippen LogP contribution in [-0.4, -0.2) is 24.1 Å². The Hall–Kier alpha value is -1.62. The fraction of sp³-hybridized carbons (Fsp3) is 0.286. The molecule has 0 aliphatic carbocycles. The largest absolute Gasteiger partial charge is 0.378 e. The maximum absolute atomic E-state index is 11.8. The van der Waals surface area contributed by atoms with Gasteiger partial charge < -0.3 is 9.88 Å². The summed E-state index contributed by atoms with van der Waals surface area (Å²) in [4.78, 5) is 21.1. The molecule has 4 nitrogen and oxygen atoms in total. The van der Waals surface area contributed by atoms with Crippen molar-refractivity contribution < 1.29 is 0 Å². The summed E-state index contributed by atoms with van der Waals surface area (Å²) in [6.07, 6.45) is 0.716. The first-order valence-corrected chi connectivity index (χ1v) is 6.88. The zero-order chi connectivity index (χ0) is 14.0. The van der Waals surface area contributed by atoms with Crippen LogP contribution in [0.1, 0.15) is 12.6 Å². The Kier molecular flexibility index (Phi) is 4.04. The Labute approximate surface area is 120 Å². The molecule has 5 heteroatoms. The quantitative estimate of drug-likeness (QED) is 0.945. The SMILES string of the molecule is CCc1nc(-c2ccc(N(C)C)cc2)[nH]c(=O)c1Br. The van der Waals surface area contributed by atoms with Crippen LogP contribution in [0.3, 0.4) is 0 Å². The van der Waals surface area contributed by atoms with Crippen molar-refractivity contribution in [3.05, 3.63) is 44.8 Å². The molecule has 2 rings (SSSR count). The number of nitrogens with zero attached hydrogens (tertiary/aromatic N) is 2. The number of nitrogens with one attached hydrogen (secondary N) is 1. The third-order valence-electron chi connectivity index (χ3n) is 2.92. The number of hydrogen-bond acceptors (Lipinski definition) is 3. The van der Waals surface area contributed by atoms with Crippen molar-refractivity contribution in [2.24, 2.45) is 0 Å². The van der Waals surface area contributed by atoms with Crippen LogP contribution in [0.15, 0.2) is 33.5 Å². The highest BCUT2D eigenvalue weighted by molar-refractivity contribution is 9.10. The smallest absolute Gasteiger partial charge is 0.265 e. The van der Waals surface area contributed by atoms with Crippen LogP contribution < -0.4 is 10.5 Å². The van der Waals surface area contributed by atoms with Crippen LogP contribution in [0.25, 0.3) is 11.4 Å². The molecule has 0 aliphatic rings. The van der Waals surface area contributed by atoms with Gasteiger partial charge in [0.1, 0.15) is 10.3 Å². The predicted octanol–water partition coefficient (Wildman–Crippen LogP) is 2.83. The van der Waals surface area contributed by atoms with Crippen molar-refractivity contribution in [3.63, 3.8) is 0 Å². The molecule has 100 valence electrons. The van der Waals surface area contributed by atoms with Gasteiger partial charge >= 0.3 is 0 Å². The Bertz CT molecular complexity index is 632. The van der Waals surface area contributed by atoms with E-state index in [0.29, 0.717) is 16.7 Å². The standard InChI is InChI=1S/C14H16BrN3O/c1-4-11-12(15)14(19)17-13(16-11)9-5-7-10(8-6-9)18(2)3/h5-8H,4H2,1-3H3,(H,16,17,19). The molecule has 0 radical (unpaired) electrons. The Morgan fingerprint density at radius 3 is 2.42 bits per heavy atom. The lowest BCUT2D eigenvalue weighted by atomic mass is 10.2. The number of benzene rings is 1. The molecule has 0 amide bonds. The zero-order valence-corrected chi connectivity index (χ0v) is 12.8. The highest BCUT2D eigenvalue weighted by Crippen LogP contribution is 2.20. The molecule has 1 N–H and O–H groups in total. The fourth-order valence-electron chi connectivity index (χ4n) is 1.79. The molecule has 19 heavy (non-hydrogen) atoms. The van der Waals surface area contributed by atoms with Gasteiger partial charge in [0.05, 0.1) is 5.69 Å². The lowest BCUT2D eigenvalue weighted by Gasteiger charge is -2.12. The number of H-pyrrole nitrogens is 1. The second-order valence-corrected chi connectivity index (χ2v) is 5.26. The lowest BCUT2D eigenvalue weighted by Crippen LogP contribution is -2.13. The van der Waals surface area contributed by atoms with Gasteiger partial charge in [-0.15, -0.1) is 0 Å². The number of aromatic nitrogens is 2. The van der Waals surface area contributed by atoms with Crippen LogP contribution in [0.4, 0.5) is 5.69 Å². The van der Waals surface area contributed by atoms with Gasteiger partial charge in [-0.25, -0.2) is 4.98 Å². The van der Waals surface area contributed by atoms with Gasteiger partial charge in [-0.2, -0.15) is 0 Å². The summed E-state index contributed by atoms with van der Waals surface area (Å²) < 4.78 is 0.517. The third-order valence-corrected chi connectivity index (χ3v) is 3.74. The maximum atomic E-state index is 11.8. The van der Waals surface area contributed by atoms with Crippen LogP contribution in [0.5, 0.6) is 0 Å². The summed E-state index contributed by atoms with van der Waals surface area (Å²) in [5.74, 6) is 0.607. The molecule has 1 heterocycles. The minimum absolute atomic E-state index is 0.140. The maximum Gasteiger partial charge on any atom is 0.265 e. The topological polar surface area (TPSA) is 49.0 Å². The monoisotopic (exact) mass is 321 g/mol. The molecular formula is C14H16BrN3O. The highest BCUT2D eigenvalue weighted by Gasteiger charge is 2.09. The van der Waals surface area contributed by atoms with Crippen LogP contribution in [0.2, 0.25) is 0 Å². The molecule has 0 bridgehead atoms. The summed E-state index contributed by atoms with van der Waals surface area (Å²) >= 11 is 3.26. The molecular weight excluding hydrogens is 306 g/mol.